The van der Waals surface area contributed by atoms with Crippen molar-refractivity contribution in [2.45, 2.75) is 107 Å². The lowest BCUT2D eigenvalue weighted by atomic mass is 9.57. The van der Waals surface area contributed by atoms with E-state index < -0.39 is 5.60 Å². The van der Waals surface area contributed by atoms with Gasteiger partial charge in [-0.05, 0) is 93.0 Å². The highest BCUT2D eigenvalue weighted by atomic mass is 32.2. The van der Waals surface area contributed by atoms with Crippen LogP contribution in [0.4, 0.5) is 0 Å². The summed E-state index contributed by atoms with van der Waals surface area (Å²) < 4.78 is 10.9. The second-order valence-electron chi connectivity index (χ2n) is 12.3. The van der Waals surface area contributed by atoms with Gasteiger partial charge in [-0.3, -0.25) is 9.69 Å². The summed E-state index contributed by atoms with van der Waals surface area (Å²) in [4.78, 5) is 15.8. The number of piperidine rings is 1. The number of aliphatic hydroxyl groups is 1. The zero-order valence-electron chi connectivity index (χ0n) is 23.2. The fourth-order valence-electron chi connectivity index (χ4n) is 7.93. The van der Waals surface area contributed by atoms with Gasteiger partial charge in [-0.25, -0.2) is 0 Å². The lowest BCUT2D eigenvalue weighted by Crippen LogP contribution is -2.56. The number of fused-ring (bicyclic) bond motifs is 3. The summed E-state index contributed by atoms with van der Waals surface area (Å²) in [5, 5.41) is 12.6. The van der Waals surface area contributed by atoms with E-state index in [9.17, 15) is 9.90 Å². The Morgan fingerprint density at radius 1 is 1.16 bits per heavy atom. The van der Waals surface area contributed by atoms with E-state index >= 15 is 0 Å². The molecule has 3 unspecified atom stereocenters. The van der Waals surface area contributed by atoms with Gasteiger partial charge in [-0.15, -0.1) is 11.8 Å². The average molecular weight is 528 g/mol. The Balaban J connectivity index is 1.24. The van der Waals surface area contributed by atoms with Gasteiger partial charge < -0.3 is 14.6 Å². The Morgan fingerprint density at radius 3 is 2.46 bits per heavy atom. The Labute approximate surface area is 227 Å². The summed E-state index contributed by atoms with van der Waals surface area (Å²) in [6.45, 7) is 9.26. The van der Waals surface area contributed by atoms with Crippen molar-refractivity contribution >= 4 is 17.7 Å². The molecule has 2 aliphatic heterocycles. The first-order valence-corrected chi connectivity index (χ1v) is 15.2. The minimum atomic E-state index is -0.794. The van der Waals surface area contributed by atoms with Gasteiger partial charge in [0.05, 0.1) is 12.7 Å². The zero-order valence-corrected chi connectivity index (χ0v) is 24.0. The normalized spacial score (nSPS) is 38.4. The molecule has 4 aliphatic rings. The van der Waals surface area contributed by atoms with Crippen LogP contribution in [0.1, 0.15) is 72.6 Å². The van der Waals surface area contributed by atoms with Gasteiger partial charge in [0.15, 0.2) is 0 Å². The van der Waals surface area contributed by atoms with Gasteiger partial charge in [0.25, 0.3) is 0 Å². The Kier molecular flexibility index (Phi) is 8.00. The molecule has 2 aliphatic carbocycles. The van der Waals surface area contributed by atoms with E-state index in [0.29, 0.717) is 35.6 Å². The number of carbonyl (C=O) groups is 1. The fourth-order valence-corrected chi connectivity index (χ4v) is 9.25. The predicted molar refractivity (Wildman–Crippen MR) is 149 cm³/mol. The molecule has 5 nitrogen and oxygen atoms in total. The van der Waals surface area contributed by atoms with Crippen molar-refractivity contribution in [2.75, 3.05) is 13.7 Å². The Hall–Kier alpha value is -1.50. The minimum absolute atomic E-state index is 0.138. The maximum absolute atomic E-state index is 11.9. The van der Waals surface area contributed by atoms with Crippen molar-refractivity contribution in [2.24, 2.45) is 23.7 Å². The summed E-state index contributed by atoms with van der Waals surface area (Å²) in [5.41, 5.74) is 0.310. The smallest absolute Gasteiger partial charge is 0.303 e. The number of ether oxygens (including phenoxy) is 2. The molecule has 6 heteroatoms. The van der Waals surface area contributed by atoms with E-state index in [4.69, 9.17) is 9.47 Å². The summed E-state index contributed by atoms with van der Waals surface area (Å²) in [7, 11) is 1.72. The highest BCUT2D eigenvalue weighted by Gasteiger charge is 2.53. The molecule has 1 aromatic carbocycles. The van der Waals surface area contributed by atoms with Gasteiger partial charge in [0, 0.05) is 48.0 Å². The molecule has 0 radical (unpaired) electrons. The molecule has 2 heterocycles. The maximum Gasteiger partial charge on any atom is 0.303 e. The topological polar surface area (TPSA) is 59.0 Å². The summed E-state index contributed by atoms with van der Waals surface area (Å²) in [6.07, 6.45) is 9.85. The van der Waals surface area contributed by atoms with Crippen LogP contribution in [0.5, 0.6) is 5.75 Å². The van der Waals surface area contributed by atoms with Gasteiger partial charge in [0.1, 0.15) is 11.9 Å². The fraction of sp³-hybridized carbons (Fsp3) is 0.710. The van der Waals surface area contributed by atoms with Crippen LogP contribution in [0.3, 0.4) is 0 Å². The molecule has 1 N–H and O–H groups in total. The summed E-state index contributed by atoms with van der Waals surface area (Å²) in [5.74, 6) is 1.98. The quantitative estimate of drug-likeness (QED) is 0.342. The molecule has 3 fully saturated rings. The first kappa shape index (κ1) is 27.1. The van der Waals surface area contributed by atoms with Gasteiger partial charge in [0.2, 0.25) is 0 Å². The van der Waals surface area contributed by atoms with Gasteiger partial charge in [-0.1, -0.05) is 19.9 Å². The molecular formula is C31H45NO4S. The molecule has 204 valence electrons. The van der Waals surface area contributed by atoms with E-state index in [1.54, 1.807) is 7.11 Å². The number of thioether (sulfide) groups is 1. The molecule has 8 atom stereocenters. The summed E-state index contributed by atoms with van der Waals surface area (Å²) >= 11 is 2.04. The van der Waals surface area contributed by atoms with Crippen LogP contribution in [-0.4, -0.2) is 58.7 Å². The van der Waals surface area contributed by atoms with Gasteiger partial charge >= 0.3 is 5.97 Å². The number of esters is 1. The zero-order chi connectivity index (χ0) is 26.3. The van der Waals surface area contributed by atoms with Crippen molar-refractivity contribution in [3.63, 3.8) is 0 Å². The maximum atomic E-state index is 11.9. The van der Waals surface area contributed by atoms with Crippen molar-refractivity contribution in [1.29, 1.82) is 0 Å². The second-order valence-corrected chi connectivity index (χ2v) is 13.7. The molecule has 2 bridgehead atoms. The summed E-state index contributed by atoms with van der Waals surface area (Å²) in [6, 6.07) is 9.87. The molecule has 0 spiro atoms. The molecule has 0 amide bonds. The first-order chi connectivity index (χ1) is 17.7. The largest absolute Gasteiger partial charge is 0.497 e. The van der Waals surface area contributed by atoms with Crippen molar-refractivity contribution in [1.82, 2.24) is 4.90 Å². The molecule has 2 saturated heterocycles. The standard InChI is InChI=1S/C31H45NO4S/c1-19-14-29-28(13-6-21(3)31(29,34)17-30(19)36-22(4)33)20(2)18-32-23-7-8-24(32)16-27(15-23)37-26-11-9-25(35-5)10-12-26/h9-12,14,20-21,23-24,27-30,34H,6-8,13,15-18H2,1-5H3/t20?,21-,23?,24?,27?,28+,29-,30-,31-/m1/s1. The van der Waals surface area contributed by atoms with Gasteiger partial charge in [-0.2, -0.15) is 0 Å². The highest BCUT2D eigenvalue weighted by Crippen LogP contribution is 2.52. The van der Waals surface area contributed by atoms with Crippen LogP contribution >= 0.6 is 11.8 Å². The van der Waals surface area contributed by atoms with Crippen LogP contribution in [0.25, 0.3) is 0 Å². The van der Waals surface area contributed by atoms with E-state index in [-0.39, 0.29) is 23.9 Å². The number of benzene rings is 1. The number of nitrogens with zero attached hydrogens (tertiary/aromatic N) is 1. The first-order valence-electron chi connectivity index (χ1n) is 14.3. The third kappa shape index (κ3) is 5.49. The molecule has 1 saturated carbocycles. The van der Waals surface area contributed by atoms with Crippen LogP contribution in [0.15, 0.2) is 40.8 Å². The van der Waals surface area contributed by atoms with Crippen molar-refractivity contribution in [3.05, 3.63) is 35.9 Å². The van der Waals surface area contributed by atoms with E-state index in [2.05, 4.69) is 56.0 Å². The second kappa shape index (κ2) is 10.9. The monoisotopic (exact) mass is 527 g/mol. The number of carbonyl (C=O) groups excluding carboxylic acids is 1. The lowest BCUT2D eigenvalue weighted by molar-refractivity contribution is -0.159. The Morgan fingerprint density at radius 2 is 1.84 bits per heavy atom. The van der Waals surface area contributed by atoms with Crippen LogP contribution < -0.4 is 4.74 Å². The highest BCUT2D eigenvalue weighted by molar-refractivity contribution is 8.00. The van der Waals surface area contributed by atoms with Crippen LogP contribution in [-0.2, 0) is 9.53 Å². The van der Waals surface area contributed by atoms with E-state index in [1.165, 1.54) is 37.5 Å². The number of rotatable bonds is 7. The average Bonchev–Trinajstić information content (AvgIpc) is 3.08. The predicted octanol–water partition coefficient (Wildman–Crippen LogP) is 6.09. The molecular weight excluding hydrogens is 482 g/mol. The van der Waals surface area contributed by atoms with Crippen molar-refractivity contribution < 1.29 is 19.4 Å². The SMILES string of the molecule is COc1ccc(SC2CC3CCC(C2)N3CC(C)[C@@H]2CC[C@@H](C)[C@]3(O)C[C@@H](OC(C)=O)C(C)=C[C@H]23)cc1. The van der Waals surface area contributed by atoms with Crippen LogP contribution in [0, 0.1) is 23.7 Å². The lowest BCUT2D eigenvalue weighted by Gasteiger charge is -2.53. The van der Waals surface area contributed by atoms with E-state index in [1.807, 2.05) is 11.8 Å². The van der Waals surface area contributed by atoms with E-state index in [0.717, 1.165) is 30.7 Å². The molecule has 5 rings (SSSR count). The van der Waals surface area contributed by atoms with Crippen LogP contribution in [0.2, 0.25) is 0 Å². The van der Waals surface area contributed by atoms with Crippen molar-refractivity contribution in [3.8, 4) is 5.75 Å². The Bertz CT molecular complexity index is 981. The minimum Gasteiger partial charge on any atom is -0.497 e. The molecule has 1 aromatic rings. The number of hydrogen-bond donors (Lipinski definition) is 1. The number of methoxy groups -OCH3 is 1. The number of hydrogen-bond acceptors (Lipinski definition) is 6. The third-order valence-corrected chi connectivity index (χ3v) is 11.3. The molecule has 37 heavy (non-hydrogen) atoms. The molecule has 0 aromatic heterocycles. The third-order valence-electron chi connectivity index (χ3n) is 10.0.